The van der Waals surface area contributed by atoms with Gasteiger partial charge in [0.2, 0.25) is 0 Å². The summed E-state index contributed by atoms with van der Waals surface area (Å²) in [6.45, 7) is 3.38. The Morgan fingerprint density at radius 1 is 1.29 bits per heavy atom. The first kappa shape index (κ1) is 13.4. The summed E-state index contributed by atoms with van der Waals surface area (Å²) < 4.78 is 5.52. The minimum atomic E-state index is 0.133. The standard InChI is InChI=1S/C12H14Cl3NO/c13-6-10-8-16(3-4-17-10)7-9-1-2-11(14)12(15)5-9/h1-2,5,10H,3-4,6-8H2/t10-/m0/s1. The van der Waals surface area contributed by atoms with E-state index in [0.29, 0.717) is 15.9 Å². The highest BCUT2D eigenvalue weighted by Gasteiger charge is 2.19. The van der Waals surface area contributed by atoms with Crippen LogP contribution in [0.15, 0.2) is 18.2 Å². The Morgan fingerprint density at radius 3 is 2.82 bits per heavy atom. The summed E-state index contributed by atoms with van der Waals surface area (Å²) in [7, 11) is 0. The van der Waals surface area contributed by atoms with Crippen LogP contribution in [0.2, 0.25) is 10.0 Å². The van der Waals surface area contributed by atoms with Crippen LogP contribution in [0.1, 0.15) is 5.56 Å². The van der Waals surface area contributed by atoms with Crippen molar-refractivity contribution >= 4 is 34.8 Å². The van der Waals surface area contributed by atoms with Crippen LogP contribution in [0.5, 0.6) is 0 Å². The van der Waals surface area contributed by atoms with Crippen LogP contribution in [0.3, 0.4) is 0 Å². The van der Waals surface area contributed by atoms with Gasteiger partial charge in [0.1, 0.15) is 0 Å². The monoisotopic (exact) mass is 293 g/mol. The van der Waals surface area contributed by atoms with Crippen molar-refractivity contribution in [2.75, 3.05) is 25.6 Å². The molecule has 1 atom stereocenters. The fourth-order valence-corrected chi connectivity index (χ4v) is 2.42. The molecule has 1 saturated heterocycles. The maximum atomic E-state index is 5.99. The van der Waals surface area contributed by atoms with E-state index in [-0.39, 0.29) is 6.10 Å². The highest BCUT2D eigenvalue weighted by Crippen LogP contribution is 2.23. The quantitative estimate of drug-likeness (QED) is 0.792. The van der Waals surface area contributed by atoms with Gasteiger partial charge in [0.05, 0.1) is 22.8 Å². The van der Waals surface area contributed by atoms with Crippen molar-refractivity contribution in [3.8, 4) is 0 Å². The third kappa shape index (κ3) is 3.73. The normalized spacial score (nSPS) is 21.7. The molecular formula is C12H14Cl3NO. The number of morpholine rings is 1. The van der Waals surface area contributed by atoms with Gasteiger partial charge in [-0.25, -0.2) is 0 Å². The molecule has 1 heterocycles. The average molecular weight is 295 g/mol. The molecular weight excluding hydrogens is 280 g/mol. The van der Waals surface area contributed by atoms with Gasteiger partial charge in [-0.15, -0.1) is 11.6 Å². The van der Waals surface area contributed by atoms with Gasteiger partial charge < -0.3 is 4.74 Å². The van der Waals surface area contributed by atoms with Gasteiger partial charge in [-0.3, -0.25) is 4.90 Å². The van der Waals surface area contributed by atoms with Crippen LogP contribution in [-0.2, 0) is 11.3 Å². The first-order valence-electron chi connectivity index (χ1n) is 5.53. The molecule has 1 fully saturated rings. The maximum absolute atomic E-state index is 5.99. The molecule has 2 nitrogen and oxygen atoms in total. The van der Waals surface area contributed by atoms with Crippen molar-refractivity contribution in [3.63, 3.8) is 0 Å². The van der Waals surface area contributed by atoms with E-state index in [2.05, 4.69) is 4.90 Å². The van der Waals surface area contributed by atoms with Crippen molar-refractivity contribution in [2.45, 2.75) is 12.6 Å². The van der Waals surface area contributed by atoms with Gasteiger partial charge in [-0.1, -0.05) is 29.3 Å². The fourth-order valence-electron chi connectivity index (χ4n) is 1.91. The van der Waals surface area contributed by atoms with Crippen molar-refractivity contribution < 1.29 is 4.74 Å². The van der Waals surface area contributed by atoms with E-state index in [1.54, 1.807) is 0 Å². The second-order valence-corrected chi connectivity index (χ2v) is 5.25. The third-order valence-corrected chi connectivity index (χ3v) is 3.87. The van der Waals surface area contributed by atoms with Gasteiger partial charge in [-0.05, 0) is 17.7 Å². The zero-order valence-corrected chi connectivity index (χ0v) is 11.6. The van der Waals surface area contributed by atoms with E-state index in [1.165, 1.54) is 0 Å². The lowest BCUT2D eigenvalue weighted by molar-refractivity contribution is -0.0193. The van der Waals surface area contributed by atoms with E-state index in [4.69, 9.17) is 39.5 Å². The molecule has 0 radical (unpaired) electrons. The van der Waals surface area contributed by atoms with E-state index in [1.807, 2.05) is 18.2 Å². The summed E-state index contributed by atoms with van der Waals surface area (Å²) in [5.74, 6) is 0.540. The second-order valence-electron chi connectivity index (χ2n) is 4.13. The van der Waals surface area contributed by atoms with Crippen LogP contribution >= 0.6 is 34.8 Å². The third-order valence-electron chi connectivity index (χ3n) is 2.79. The fraction of sp³-hybridized carbons (Fsp3) is 0.500. The molecule has 0 N–H and O–H groups in total. The number of alkyl halides is 1. The molecule has 0 spiro atoms. The molecule has 94 valence electrons. The Hall–Kier alpha value is 0.01000. The second kappa shape index (κ2) is 6.26. The highest BCUT2D eigenvalue weighted by atomic mass is 35.5. The van der Waals surface area contributed by atoms with Gasteiger partial charge >= 0.3 is 0 Å². The zero-order chi connectivity index (χ0) is 12.3. The minimum absolute atomic E-state index is 0.133. The molecule has 1 aliphatic heterocycles. The molecule has 0 bridgehead atoms. The molecule has 0 aliphatic carbocycles. The summed E-state index contributed by atoms with van der Waals surface area (Å²) in [4.78, 5) is 2.32. The number of hydrogen-bond donors (Lipinski definition) is 0. The zero-order valence-electron chi connectivity index (χ0n) is 9.33. The summed E-state index contributed by atoms with van der Waals surface area (Å²) in [5.41, 5.74) is 1.16. The lowest BCUT2D eigenvalue weighted by atomic mass is 10.2. The number of rotatable bonds is 3. The number of benzene rings is 1. The lowest BCUT2D eigenvalue weighted by Crippen LogP contribution is -2.42. The van der Waals surface area contributed by atoms with E-state index < -0.39 is 0 Å². The van der Waals surface area contributed by atoms with Crippen LogP contribution < -0.4 is 0 Å². The predicted molar refractivity (Wildman–Crippen MR) is 72.2 cm³/mol. The van der Waals surface area contributed by atoms with Gasteiger partial charge in [-0.2, -0.15) is 0 Å². The summed E-state index contributed by atoms with van der Waals surface area (Å²) in [6, 6.07) is 5.74. The Labute approximate surface area is 116 Å². The largest absolute Gasteiger partial charge is 0.374 e. The van der Waals surface area contributed by atoms with Crippen LogP contribution in [0.4, 0.5) is 0 Å². The van der Waals surface area contributed by atoms with Crippen molar-refractivity contribution in [2.24, 2.45) is 0 Å². The van der Waals surface area contributed by atoms with Crippen LogP contribution in [-0.4, -0.2) is 36.6 Å². The van der Waals surface area contributed by atoms with Gasteiger partial charge in [0, 0.05) is 25.5 Å². The molecule has 1 aromatic rings. The molecule has 0 amide bonds. The van der Waals surface area contributed by atoms with Gasteiger partial charge in [0.25, 0.3) is 0 Å². The molecule has 1 aliphatic rings. The SMILES string of the molecule is ClC[C@H]1CN(Cc2ccc(Cl)c(Cl)c2)CCO1. The van der Waals surface area contributed by atoms with Crippen LogP contribution in [0.25, 0.3) is 0 Å². The Kier molecular flexibility index (Phi) is 4.95. The Morgan fingerprint density at radius 2 is 2.12 bits per heavy atom. The van der Waals surface area contributed by atoms with E-state index in [9.17, 15) is 0 Å². The first-order valence-corrected chi connectivity index (χ1v) is 6.82. The van der Waals surface area contributed by atoms with Gasteiger partial charge in [0.15, 0.2) is 0 Å². The molecule has 2 rings (SSSR count). The first-order chi connectivity index (χ1) is 8.19. The number of halogens is 3. The lowest BCUT2D eigenvalue weighted by Gasteiger charge is -2.32. The van der Waals surface area contributed by atoms with Crippen molar-refractivity contribution in [1.82, 2.24) is 4.90 Å². The molecule has 17 heavy (non-hydrogen) atoms. The highest BCUT2D eigenvalue weighted by molar-refractivity contribution is 6.42. The van der Waals surface area contributed by atoms with Crippen molar-refractivity contribution in [3.05, 3.63) is 33.8 Å². The maximum Gasteiger partial charge on any atom is 0.0837 e. The molecule has 1 aromatic carbocycles. The summed E-state index contributed by atoms with van der Waals surface area (Å²) in [6.07, 6.45) is 0.133. The van der Waals surface area contributed by atoms with E-state index in [0.717, 1.165) is 31.8 Å². The molecule has 0 aromatic heterocycles. The van der Waals surface area contributed by atoms with Crippen LogP contribution in [0, 0.1) is 0 Å². The molecule has 5 heteroatoms. The Balaban J connectivity index is 1.97. The molecule has 0 unspecified atom stereocenters. The van der Waals surface area contributed by atoms with Crippen molar-refractivity contribution in [1.29, 1.82) is 0 Å². The van der Waals surface area contributed by atoms with E-state index >= 15 is 0 Å². The molecule has 0 saturated carbocycles. The number of nitrogens with zero attached hydrogens (tertiary/aromatic N) is 1. The predicted octanol–water partition coefficient (Wildman–Crippen LogP) is 3.43. The topological polar surface area (TPSA) is 12.5 Å². The number of ether oxygens (including phenoxy) is 1. The summed E-state index contributed by atoms with van der Waals surface area (Å²) in [5, 5.41) is 1.20. The smallest absolute Gasteiger partial charge is 0.0837 e. The Bertz CT molecular complexity index is 386. The summed E-state index contributed by atoms with van der Waals surface area (Å²) >= 11 is 17.7. The average Bonchev–Trinajstić information content (AvgIpc) is 2.34. The number of hydrogen-bond acceptors (Lipinski definition) is 2. The minimum Gasteiger partial charge on any atom is -0.374 e.